The number of carbonyl (C=O) groups excluding carboxylic acids is 1. The summed E-state index contributed by atoms with van der Waals surface area (Å²) >= 11 is 0. The lowest BCUT2D eigenvalue weighted by molar-refractivity contribution is 0.0827. The average molecular weight is 538 g/mol. The number of aryl methyl sites for hydroxylation is 1. The maximum atomic E-state index is 12.1. The van der Waals surface area contributed by atoms with Gasteiger partial charge in [-0.3, -0.25) is 9.79 Å². The van der Waals surface area contributed by atoms with Gasteiger partial charge in [-0.05, 0) is 50.1 Å². The second-order valence-electron chi connectivity index (χ2n) is 7.47. The topological polar surface area (TPSA) is 57.2 Å². The molecule has 0 aliphatic heterocycles. The molecule has 1 amide bonds. The Balaban J connectivity index is 0.00000480. The van der Waals surface area contributed by atoms with Crippen molar-refractivity contribution < 1.29 is 9.53 Å². The smallest absolute Gasteiger partial charge is 0.253 e. The third-order valence-corrected chi connectivity index (χ3v) is 4.66. The molecule has 2 aromatic carbocycles. The first-order valence-corrected chi connectivity index (χ1v) is 10.4. The fourth-order valence-corrected chi connectivity index (χ4v) is 2.92. The lowest BCUT2D eigenvalue weighted by Crippen LogP contribution is -2.41. The summed E-state index contributed by atoms with van der Waals surface area (Å²) in [6.07, 6.45) is 0.775. The molecule has 2 rings (SSSR count). The van der Waals surface area contributed by atoms with Crippen LogP contribution in [0, 0.1) is 6.92 Å². The summed E-state index contributed by atoms with van der Waals surface area (Å²) in [5.74, 6) is 1.75. The van der Waals surface area contributed by atoms with Crippen molar-refractivity contribution in [3.8, 4) is 5.75 Å². The van der Waals surface area contributed by atoms with Crippen LogP contribution in [0.5, 0.6) is 5.75 Å². The van der Waals surface area contributed by atoms with Crippen LogP contribution in [0.3, 0.4) is 0 Å². The van der Waals surface area contributed by atoms with Gasteiger partial charge in [0.1, 0.15) is 12.4 Å². The highest BCUT2D eigenvalue weighted by Crippen LogP contribution is 2.11. The highest BCUT2D eigenvalue weighted by Gasteiger charge is 2.09. The van der Waals surface area contributed by atoms with Crippen molar-refractivity contribution in [2.24, 2.45) is 4.99 Å². The number of hydrogen-bond donors (Lipinski definition) is 1. The van der Waals surface area contributed by atoms with Crippen LogP contribution in [0.2, 0.25) is 0 Å². The molecule has 31 heavy (non-hydrogen) atoms. The molecular formula is C24H35IN4O2. The first-order chi connectivity index (χ1) is 14.4. The molecular weight excluding hydrogens is 503 g/mol. The van der Waals surface area contributed by atoms with E-state index in [0.717, 1.165) is 36.8 Å². The van der Waals surface area contributed by atoms with E-state index < -0.39 is 0 Å². The van der Waals surface area contributed by atoms with Gasteiger partial charge in [0.15, 0.2) is 5.96 Å². The summed E-state index contributed by atoms with van der Waals surface area (Å²) in [6, 6.07) is 15.8. The van der Waals surface area contributed by atoms with Crippen molar-refractivity contribution in [1.82, 2.24) is 15.1 Å². The zero-order chi connectivity index (χ0) is 21.9. The lowest BCUT2D eigenvalue weighted by Gasteiger charge is -2.22. The van der Waals surface area contributed by atoms with Crippen molar-refractivity contribution in [3.05, 3.63) is 65.2 Å². The van der Waals surface area contributed by atoms with Gasteiger partial charge in [0, 0.05) is 39.8 Å². The molecule has 0 atom stereocenters. The number of aliphatic imine (C=N–C) groups is 1. The van der Waals surface area contributed by atoms with Gasteiger partial charge in [0.25, 0.3) is 5.91 Å². The number of carbonyl (C=O) groups is 1. The van der Waals surface area contributed by atoms with Gasteiger partial charge in [-0.2, -0.15) is 0 Å². The Morgan fingerprint density at radius 3 is 2.45 bits per heavy atom. The van der Waals surface area contributed by atoms with Crippen LogP contribution >= 0.6 is 24.0 Å². The monoisotopic (exact) mass is 538 g/mol. The largest absolute Gasteiger partial charge is 0.492 e. The van der Waals surface area contributed by atoms with Crippen LogP contribution in [0.1, 0.15) is 28.4 Å². The molecule has 0 aliphatic rings. The van der Waals surface area contributed by atoms with E-state index in [-0.39, 0.29) is 29.9 Å². The van der Waals surface area contributed by atoms with Crippen molar-refractivity contribution in [3.63, 3.8) is 0 Å². The maximum absolute atomic E-state index is 12.1. The highest BCUT2D eigenvalue weighted by atomic mass is 127. The molecule has 1 N–H and O–H groups in total. The quantitative estimate of drug-likeness (QED) is 0.300. The van der Waals surface area contributed by atoms with Crippen LogP contribution in [0.4, 0.5) is 0 Å². The van der Waals surface area contributed by atoms with E-state index in [0.29, 0.717) is 18.7 Å². The van der Waals surface area contributed by atoms with E-state index in [1.807, 2.05) is 55.6 Å². The lowest BCUT2D eigenvalue weighted by atomic mass is 10.1. The second-order valence-corrected chi connectivity index (χ2v) is 7.47. The van der Waals surface area contributed by atoms with Crippen LogP contribution in [-0.2, 0) is 6.42 Å². The number of guanidine groups is 1. The maximum Gasteiger partial charge on any atom is 0.253 e. The first kappa shape index (κ1) is 26.7. The number of likely N-dealkylation sites (N-methyl/N-ethyl adjacent to an activating group) is 1. The molecule has 6 nitrogen and oxygen atoms in total. The molecule has 0 fully saturated rings. The number of amides is 1. The molecule has 2 aromatic rings. The zero-order valence-corrected chi connectivity index (χ0v) is 21.6. The SMILES string of the molecule is CCNC(=NCCc1cccc(C(=O)N(C)C)c1)N(C)CCOc1ccc(C)cc1.I. The molecule has 0 saturated heterocycles. The van der Waals surface area contributed by atoms with Gasteiger partial charge in [-0.25, -0.2) is 0 Å². The number of hydrogen-bond acceptors (Lipinski definition) is 3. The summed E-state index contributed by atoms with van der Waals surface area (Å²) < 4.78 is 5.83. The van der Waals surface area contributed by atoms with E-state index in [1.165, 1.54) is 5.56 Å². The van der Waals surface area contributed by atoms with Crippen molar-refractivity contribution in [2.45, 2.75) is 20.3 Å². The Morgan fingerprint density at radius 1 is 1.10 bits per heavy atom. The molecule has 0 saturated carbocycles. The predicted octanol–water partition coefficient (Wildman–Crippen LogP) is 3.83. The van der Waals surface area contributed by atoms with Crippen molar-refractivity contribution >= 4 is 35.8 Å². The molecule has 0 heterocycles. The Kier molecular flexibility index (Phi) is 12.0. The van der Waals surface area contributed by atoms with E-state index in [2.05, 4.69) is 24.1 Å². The van der Waals surface area contributed by atoms with Crippen LogP contribution in [0.25, 0.3) is 0 Å². The summed E-state index contributed by atoms with van der Waals surface area (Å²) in [5.41, 5.74) is 3.03. The third kappa shape index (κ3) is 9.16. The van der Waals surface area contributed by atoms with Gasteiger partial charge in [0.05, 0.1) is 6.54 Å². The summed E-state index contributed by atoms with van der Waals surface area (Å²) in [7, 11) is 5.54. The first-order valence-electron chi connectivity index (χ1n) is 10.4. The normalized spacial score (nSPS) is 10.8. The predicted molar refractivity (Wildman–Crippen MR) is 139 cm³/mol. The minimum absolute atomic E-state index is 0. The van der Waals surface area contributed by atoms with Crippen molar-refractivity contribution in [2.75, 3.05) is 47.4 Å². The minimum atomic E-state index is 0. The highest BCUT2D eigenvalue weighted by molar-refractivity contribution is 14.0. The van der Waals surface area contributed by atoms with Crippen LogP contribution in [0.15, 0.2) is 53.5 Å². The van der Waals surface area contributed by atoms with Gasteiger partial charge in [-0.1, -0.05) is 29.8 Å². The van der Waals surface area contributed by atoms with E-state index in [9.17, 15) is 4.79 Å². The summed E-state index contributed by atoms with van der Waals surface area (Å²) in [4.78, 5) is 20.5. The number of ether oxygens (including phenoxy) is 1. The molecule has 0 radical (unpaired) electrons. The molecule has 170 valence electrons. The number of nitrogens with one attached hydrogen (secondary N) is 1. The van der Waals surface area contributed by atoms with Gasteiger partial charge in [-0.15, -0.1) is 24.0 Å². The minimum Gasteiger partial charge on any atom is -0.492 e. The Bertz CT molecular complexity index is 838. The van der Waals surface area contributed by atoms with Gasteiger partial charge >= 0.3 is 0 Å². The van der Waals surface area contributed by atoms with E-state index in [4.69, 9.17) is 9.73 Å². The number of benzene rings is 2. The number of nitrogens with zero attached hydrogens (tertiary/aromatic N) is 3. The van der Waals surface area contributed by atoms with Gasteiger partial charge in [0.2, 0.25) is 0 Å². The molecule has 0 spiro atoms. The number of rotatable bonds is 9. The summed E-state index contributed by atoms with van der Waals surface area (Å²) in [6.45, 7) is 6.88. The zero-order valence-electron chi connectivity index (χ0n) is 19.2. The van der Waals surface area contributed by atoms with Gasteiger partial charge < -0.3 is 19.9 Å². The van der Waals surface area contributed by atoms with Crippen LogP contribution in [-0.4, -0.2) is 69.1 Å². The van der Waals surface area contributed by atoms with Crippen molar-refractivity contribution in [1.29, 1.82) is 0 Å². The number of halogens is 1. The molecule has 0 aliphatic carbocycles. The second kappa shape index (κ2) is 13.9. The van der Waals surface area contributed by atoms with E-state index >= 15 is 0 Å². The average Bonchev–Trinajstić information content (AvgIpc) is 2.74. The molecule has 7 heteroatoms. The Morgan fingerprint density at radius 2 is 1.81 bits per heavy atom. The standard InChI is InChI=1S/C24H34N4O2.HI/c1-6-25-24(28(5)16-17-30-22-12-10-19(2)11-13-22)26-15-14-20-8-7-9-21(18-20)23(29)27(3)4;/h7-13,18H,6,14-17H2,1-5H3,(H,25,26);1H. The Hall–Kier alpha value is -2.29. The fourth-order valence-electron chi connectivity index (χ4n) is 2.92. The third-order valence-electron chi connectivity index (χ3n) is 4.66. The van der Waals surface area contributed by atoms with Crippen LogP contribution < -0.4 is 10.1 Å². The van der Waals surface area contributed by atoms with E-state index in [1.54, 1.807) is 19.0 Å². The molecule has 0 aromatic heterocycles. The fraction of sp³-hybridized carbons (Fsp3) is 0.417. The molecule has 0 unspecified atom stereocenters. The summed E-state index contributed by atoms with van der Waals surface area (Å²) in [5, 5.41) is 3.33. The Labute approximate surface area is 203 Å². The molecule has 0 bridgehead atoms.